The molecule has 1 unspecified atom stereocenters. The Hall–Kier alpha value is -2.09. The van der Waals surface area contributed by atoms with Crippen molar-refractivity contribution in [1.29, 1.82) is 0 Å². The zero-order chi connectivity index (χ0) is 17.7. The number of nitrogens with zero attached hydrogens (tertiary/aromatic N) is 2. The summed E-state index contributed by atoms with van der Waals surface area (Å²) in [7, 11) is -4.47. The molecule has 2 aliphatic carbocycles. The fourth-order valence-corrected chi connectivity index (χ4v) is 5.09. The molecule has 0 bridgehead atoms. The molecule has 6 nitrogen and oxygen atoms in total. The van der Waals surface area contributed by atoms with Crippen molar-refractivity contribution in [2.75, 3.05) is 0 Å². The topological polar surface area (TPSA) is 90.1 Å². The quantitative estimate of drug-likeness (QED) is 0.810. The van der Waals surface area contributed by atoms with Crippen LogP contribution in [0.5, 0.6) is 0 Å². The Balaban J connectivity index is 1.84. The second-order valence-corrected chi connectivity index (χ2v) is 8.73. The first kappa shape index (κ1) is 16.4. The summed E-state index contributed by atoms with van der Waals surface area (Å²) < 4.78 is 47.9. The predicted molar refractivity (Wildman–Crippen MR) is 85.0 cm³/mol. The lowest BCUT2D eigenvalue weighted by molar-refractivity contribution is -0.117. The van der Waals surface area contributed by atoms with Gasteiger partial charge in [0.2, 0.25) is 15.7 Å². The molecule has 2 aliphatic rings. The number of aromatic nitrogens is 2. The number of Topliss-reactive ketones (excluding diaryl/α,β-unsaturated/α-hetero) is 1. The molecule has 2 saturated carbocycles. The number of rotatable bonds is 5. The van der Waals surface area contributed by atoms with E-state index in [0.29, 0.717) is 0 Å². The second-order valence-electron chi connectivity index (χ2n) is 6.66. The molecule has 132 valence electrons. The first-order chi connectivity index (χ1) is 11.9. The van der Waals surface area contributed by atoms with E-state index in [-0.39, 0.29) is 41.7 Å². The van der Waals surface area contributed by atoms with E-state index in [1.807, 2.05) is 0 Å². The van der Waals surface area contributed by atoms with Gasteiger partial charge < -0.3 is 4.42 Å². The molecule has 0 saturated heterocycles. The van der Waals surface area contributed by atoms with Gasteiger partial charge in [-0.05, 0) is 31.4 Å². The van der Waals surface area contributed by atoms with Crippen LogP contribution in [0.15, 0.2) is 39.6 Å². The first-order valence-corrected chi connectivity index (χ1v) is 9.75. The van der Waals surface area contributed by atoms with E-state index in [2.05, 4.69) is 10.2 Å². The predicted octanol–water partition coefficient (Wildman–Crippen LogP) is 2.91. The Morgan fingerprint density at radius 1 is 1.12 bits per heavy atom. The van der Waals surface area contributed by atoms with Crippen molar-refractivity contribution in [2.24, 2.45) is 5.92 Å². The standard InChI is InChI=1S/C17H17FN2O4S/c18-17(12-8-9-13(21)10-12,16-20-19-15(24-16)11-6-7-11)25(22,23)14-4-2-1-3-5-14/h1-5,11-12H,6-10H2/t12-,17?/m0/s1. The molecule has 1 aromatic heterocycles. The third-order valence-electron chi connectivity index (χ3n) is 4.87. The molecule has 0 amide bonds. The van der Waals surface area contributed by atoms with Crippen LogP contribution in [0.2, 0.25) is 0 Å². The van der Waals surface area contributed by atoms with Crippen LogP contribution in [-0.4, -0.2) is 24.4 Å². The van der Waals surface area contributed by atoms with Crippen LogP contribution in [0.25, 0.3) is 0 Å². The molecule has 0 spiro atoms. The highest BCUT2D eigenvalue weighted by Gasteiger charge is 2.59. The van der Waals surface area contributed by atoms with E-state index in [0.717, 1.165) is 12.8 Å². The van der Waals surface area contributed by atoms with E-state index in [9.17, 15) is 13.2 Å². The highest BCUT2D eigenvalue weighted by atomic mass is 32.2. The van der Waals surface area contributed by atoms with Crippen LogP contribution < -0.4 is 0 Å². The molecule has 4 rings (SSSR count). The molecular formula is C17H17FN2O4S. The largest absolute Gasteiger partial charge is 0.420 e. The third-order valence-corrected chi connectivity index (χ3v) is 7.06. The van der Waals surface area contributed by atoms with E-state index in [4.69, 9.17) is 4.42 Å². The first-order valence-electron chi connectivity index (χ1n) is 8.27. The number of carbonyl (C=O) groups is 1. The summed E-state index contributed by atoms with van der Waals surface area (Å²) in [5, 5.41) is 4.66. The van der Waals surface area contributed by atoms with Crippen molar-refractivity contribution in [3.8, 4) is 0 Å². The number of ketones is 1. The van der Waals surface area contributed by atoms with Crippen molar-refractivity contribution < 1.29 is 22.0 Å². The van der Waals surface area contributed by atoms with Gasteiger partial charge in [0, 0.05) is 24.7 Å². The lowest BCUT2D eigenvalue weighted by Gasteiger charge is -2.27. The Labute approximate surface area is 144 Å². The van der Waals surface area contributed by atoms with Crippen molar-refractivity contribution in [3.63, 3.8) is 0 Å². The van der Waals surface area contributed by atoms with Gasteiger partial charge in [-0.15, -0.1) is 10.2 Å². The SMILES string of the molecule is O=C1CC[C@H](C(F)(c2nnc(C3CC3)o2)S(=O)(=O)c2ccccc2)C1. The van der Waals surface area contributed by atoms with Gasteiger partial charge in [0.15, 0.2) is 0 Å². The van der Waals surface area contributed by atoms with E-state index < -0.39 is 26.6 Å². The van der Waals surface area contributed by atoms with Crippen LogP contribution in [0.3, 0.4) is 0 Å². The number of carbonyl (C=O) groups excluding carboxylic acids is 1. The maximum Gasteiger partial charge on any atom is 0.294 e. The van der Waals surface area contributed by atoms with Crippen LogP contribution >= 0.6 is 0 Å². The molecule has 2 fully saturated rings. The van der Waals surface area contributed by atoms with E-state index in [1.54, 1.807) is 6.07 Å². The Morgan fingerprint density at radius 2 is 1.84 bits per heavy atom. The summed E-state index contributed by atoms with van der Waals surface area (Å²) in [6, 6.07) is 7.36. The molecule has 25 heavy (non-hydrogen) atoms. The maximum atomic E-state index is 16.2. The summed E-state index contributed by atoms with van der Waals surface area (Å²) in [5.41, 5.74) is 0. The number of benzene rings is 1. The van der Waals surface area contributed by atoms with Crippen molar-refractivity contribution in [2.45, 2.75) is 47.9 Å². The summed E-state index contributed by atoms with van der Waals surface area (Å²) in [6.45, 7) is 0. The van der Waals surface area contributed by atoms with Gasteiger partial charge in [0.05, 0.1) is 4.90 Å². The number of alkyl halides is 1. The Bertz CT molecular complexity index is 908. The molecule has 0 N–H and O–H groups in total. The highest BCUT2D eigenvalue weighted by molar-refractivity contribution is 7.92. The molecule has 1 aromatic carbocycles. The Morgan fingerprint density at radius 3 is 2.44 bits per heavy atom. The number of hydrogen-bond acceptors (Lipinski definition) is 6. The van der Waals surface area contributed by atoms with Crippen LogP contribution in [-0.2, 0) is 19.6 Å². The molecule has 2 atom stereocenters. The van der Waals surface area contributed by atoms with Crippen molar-refractivity contribution in [3.05, 3.63) is 42.1 Å². The van der Waals surface area contributed by atoms with Gasteiger partial charge in [-0.3, -0.25) is 4.79 Å². The average molecular weight is 364 g/mol. The second kappa shape index (κ2) is 5.72. The van der Waals surface area contributed by atoms with Gasteiger partial charge in [-0.1, -0.05) is 18.2 Å². The molecular weight excluding hydrogens is 347 g/mol. The number of hydrogen-bond donors (Lipinski definition) is 0. The lowest BCUT2D eigenvalue weighted by atomic mass is 10.0. The van der Waals surface area contributed by atoms with Gasteiger partial charge in [0.25, 0.3) is 10.9 Å². The van der Waals surface area contributed by atoms with Gasteiger partial charge in [0.1, 0.15) is 5.78 Å². The van der Waals surface area contributed by atoms with Gasteiger partial charge in [-0.2, -0.15) is 0 Å². The minimum absolute atomic E-state index is 0.0788. The molecule has 8 heteroatoms. The zero-order valence-electron chi connectivity index (χ0n) is 13.4. The number of halogens is 1. The van der Waals surface area contributed by atoms with Crippen molar-refractivity contribution >= 4 is 15.6 Å². The summed E-state index contributed by atoms with van der Waals surface area (Å²) in [6.07, 6.45) is 1.89. The maximum absolute atomic E-state index is 16.2. The molecule has 0 radical (unpaired) electrons. The van der Waals surface area contributed by atoms with Crippen LogP contribution in [0.4, 0.5) is 4.39 Å². The van der Waals surface area contributed by atoms with Gasteiger partial charge in [-0.25, -0.2) is 12.8 Å². The fraction of sp³-hybridized carbons (Fsp3) is 0.471. The fourth-order valence-electron chi connectivity index (χ4n) is 3.28. The number of sulfone groups is 1. The minimum Gasteiger partial charge on any atom is -0.420 e. The minimum atomic E-state index is -4.47. The zero-order valence-corrected chi connectivity index (χ0v) is 14.2. The average Bonchev–Trinajstić information content (AvgIpc) is 3.17. The van der Waals surface area contributed by atoms with E-state index in [1.165, 1.54) is 24.3 Å². The van der Waals surface area contributed by atoms with E-state index >= 15 is 4.39 Å². The summed E-state index contributed by atoms with van der Waals surface area (Å²) in [4.78, 5) is 11.5. The smallest absolute Gasteiger partial charge is 0.294 e. The summed E-state index contributed by atoms with van der Waals surface area (Å²) in [5.74, 6) is -1.40. The lowest BCUT2D eigenvalue weighted by Crippen LogP contribution is -2.38. The third kappa shape index (κ3) is 2.59. The van der Waals surface area contributed by atoms with Gasteiger partial charge >= 0.3 is 0 Å². The highest BCUT2D eigenvalue weighted by Crippen LogP contribution is 2.49. The Kier molecular flexibility index (Phi) is 3.75. The van der Waals surface area contributed by atoms with Crippen LogP contribution in [0, 0.1) is 5.92 Å². The molecule has 1 heterocycles. The monoisotopic (exact) mass is 364 g/mol. The normalized spacial score (nSPS) is 23.6. The summed E-state index contributed by atoms with van der Waals surface area (Å²) >= 11 is 0. The van der Waals surface area contributed by atoms with Crippen molar-refractivity contribution in [1.82, 2.24) is 10.2 Å². The van der Waals surface area contributed by atoms with Crippen LogP contribution in [0.1, 0.15) is 49.8 Å². The molecule has 0 aliphatic heterocycles. The molecule has 2 aromatic rings.